The molecule has 3 aromatic rings. The molecule has 0 unspecified atom stereocenters. The number of nitrogens with one attached hydrogen (secondary N) is 2. The monoisotopic (exact) mass is 654 g/mol. The number of ether oxygens (including phenoxy) is 2. The Morgan fingerprint density at radius 1 is 0.978 bits per heavy atom. The highest BCUT2D eigenvalue weighted by molar-refractivity contribution is 7.15. The van der Waals surface area contributed by atoms with Gasteiger partial charge in [0.05, 0.1) is 38.6 Å². The first-order valence-electron chi connectivity index (χ1n) is 15.7. The van der Waals surface area contributed by atoms with Gasteiger partial charge < -0.3 is 20.1 Å². The SMILES string of the molecule is Cc1sc2c(c1C)C(c1ccc(Cl)cc1)=N[C@@H](CC(=O)NCCOCCOCCNC(=O)C1(C)CCCCC1)c1nnc(C)n1-2. The summed E-state index contributed by atoms with van der Waals surface area (Å²) in [6.45, 7) is 10.7. The Kier molecular flexibility index (Phi) is 11.1. The molecule has 12 heteroatoms. The van der Waals surface area contributed by atoms with Crippen LogP contribution in [0.4, 0.5) is 0 Å². The van der Waals surface area contributed by atoms with Crippen LogP contribution in [0, 0.1) is 26.2 Å². The molecular weight excluding hydrogens is 612 g/mol. The topological polar surface area (TPSA) is 120 Å². The molecule has 0 saturated heterocycles. The molecule has 0 bridgehead atoms. The molecule has 242 valence electrons. The van der Waals surface area contributed by atoms with Gasteiger partial charge in [0, 0.05) is 39.5 Å². The lowest BCUT2D eigenvalue weighted by atomic mass is 9.75. The Hall–Kier alpha value is -3.12. The fraction of sp³-hybridized carbons (Fsp3) is 0.545. The molecular formula is C33H43ClN6O4S. The second-order valence-electron chi connectivity index (χ2n) is 12.1. The number of amides is 2. The van der Waals surface area contributed by atoms with Gasteiger partial charge >= 0.3 is 0 Å². The maximum atomic E-state index is 13.1. The summed E-state index contributed by atoms with van der Waals surface area (Å²) in [6, 6.07) is 7.11. The lowest BCUT2D eigenvalue weighted by Crippen LogP contribution is -2.41. The number of nitrogens with zero attached hydrogens (tertiary/aromatic N) is 4. The number of halogens is 1. The van der Waals surface area contributed by atoms with E-state index in [2.05, 4.69) is 41.6 Å². The van der Waals surface area contributed by atoms with Crippen molar-refractivity contribution >= 4 is 40.5 Å². The largest absolute Gasteiger partial charge is 0.377 e. The number of hydrogen-bond acceptors (Lipinski definition) is 8. The molecule has 2 aliphatic rings. The van der Waals surface area contributed by atoms with Gasteiger partial charge in [-0.2, -0.15) is 0 Å². The number of aromatic nitrogens is 3. The third kappa shape index (κ3) is 7.82. The number of fused-ring (bicyclic) bond motifs is 3. The van der Waals surface area contributed by atoms with Crippen LogP contribution < -0.4 is 10.6 Å². The van der Waals surface area contributed by atoms with E-state index in [1.165, 1.54) is 11.3 Å². The van der Waals surface area contributed by atoms with Crippen LogP contribution in [-0.2, 0) is 19.1 Å². The Labute approximate surface area is 274 Å². The fourth-order valence-corrected chi connectivity index (χ4v) is 7.31. The van der Waals surface area contributed by atoms with Crippen LogP contribution in [0.15, 0.2) is 29.3 Å². The van der Waals surface area contributed by atoms with E-state index in [1.807, 2.05) is 35.8 Å². The lowest BCUT2D eigenvalue weighted by molar-refractivity contribution is -0.132. The second kappa shape index (κ2) is 15.0. The van der Waals surface area contributed by atoms with E-state index in [1.54, 1.807) is 11.3 Å². The van der Waals surface area contributed by atoms with Crippen molar-refractivity contribution in [3.8, 4) is 5.00 Å². The Morgan fingerprint density at radius 3 is 2.33 bits per heavy atom. The van der Waals surface area contributed by atoms with E-state index < -0.39 is 6.04 Å². The van der Waals surface area contributed by atoms with Crippen LogP contribution >= 0.6 is 22.9 Å². The molecule has 45 heavy (non-hydrogen) atoms. The Balaban J connectivity index is 1.10. The molecule has 5 rings (SSSR count). The summed E-state index contributed by atoms with van der Waals surface area (Å²) >= 11 is 7.87. The summed E-state index contributed by atoms with van der Waals surface area (Å²) in [6.07, 6.45) is 5.50. The number of hydrogen-bond donors (Lipinski definition) is 2. The molecule has 3 heterocycles. The van der Waals surface area contributed by atoms with Crippen LogP contribution in [0.25, 0.3) is 5.00 Å². The van der Waals surface area contributed by atoms with E-state index in [0.29, 0.717) is 50.4 Å². The molecule has 0 radical (unpaired) electrons. The first kappa shape index (κ1) is 33.2. The van der Waals surface area contributed by atoms with Crippen LogP contribution in [0.2, 0.25) is 5.02 Å². The highest BCUT2D eigenvalue weighted by Crippen LogP contribution is 2.39. The minimum absolute atomic E-state index is 0.121. The number of thiophene rings is 1. The van der Waals surface area contributed by atoms with E-state index >= 15 is 0 Å². The molecule has 2 aromatic heterocycles. The molecule has 0 spiro atoms. The van der Waals surface area contributed by atoms with Gasteiger partial charge in [-0.15, -0.1) is 21.5 Å². The van der Waals surface area contributed by atoms with Crippen molar-refractivity contribution < 1.29 is 19.1 Å². The van der Waals surface area contributed by atoms with Crippen molar-refractivity contribution in [3.63, 3.8) is 0 Å². The highest BCUT2D eigenvalue weighted by atomic mass is 35.5. The molecule has 1 atom stereocenters. The number of carbonyl (C=O) groups is 2. The van der Waals surface area contributed by atoms with Crippen LogP contribution in [0.1, 0.15) is 84.7 Å². The van der Waals surface area contributed by atoms with Crippen molar-refractivity contribution in [3.05, 3.63) is 62.5 Å². The van der Waals surface area contributed by atoms with Gasteiger partial charge in [-0.3, -0.25) is 19.1 Å². The molecule has 1 saturated carbocycles. The molecule has 2 N–H and O–H groups in total. The molecule has 10 nitrogen and oxygen atoms in total. The standard InChI is InChI=1S/C33H43ClN6O4S/c1-21-22(2)45-31-28(21)29(24-8-10-25(34)11-9-24)37-26(30-39-38-23(3)40(30)31)20-27(41)35-14-16-43-18-19-44-17-15-36-32(42)33(4)12-6-5-7-13-33/h8-11,26H,5-7,12-20H2,1-4H3,(H,35,41)(H,36,42)/t26-/m0/s1. The average molecular weight is 655 g/mol. The van der Waals surface area contributed by atoms with Gasteiger partial charge in [-0.25, -0.2) is 0 Å². The van der Waals surface area contributed by atoms with Gasteiger partial charge in [-0.1, -0.05) is 49.9 Å². The first-order valence-corrected chi connectivity index (χ1v) is 16.9. The summed E-state index contributed by atoms with van der Waals surface area (Å²) in [5.41, 5.74) is 3.68. The average Bonchev–Trinajstić information content (AvgIpc) is 3.50. The van der Waals surface area contributed by atoms with Gasteiger partial charge in [0.2, 0.25) is 11.8 Å². The van der Waals surface area contributed by atoms with Crippen molar-refractivity contribution in [2.24, 2.45) is 10.4 Å². The first-order chi connectivity index (χ1) is 21.7. The summed E-state index contributed by atoms with van der Waals surface area (Å²) < 4.78 is 13.3. The van der Waals surface area contributed by atoms with Crippen molar-refractivity contribution in [1.82, 2.24) is 25.4 Å². The molecule has 1 aliphatic carbocycles. The predicted molar refractivity (Wildman–Crippen MR) is 177 cm³/mol. The summed E-state index contributed by atoms with van der Waals surface area (Å²) in [7, 11) is 0. The van der Waals surface area contributed by atoms with Crippen molar-refractivity contribution in [1.29, 1.82) is 0 Å². The van der Waals surface area contributed by atoms with Crippen LogP contribution in [0.3, 0.4) is 0 Å². The summed E-state index contributed by atoms with van der Waals surface area (Å²) in [5.74, 6) is 1.38. The van der Waals surface area contributed by atoms with Gasteiger partial charge in [-0.05, 0) is 51.3 Å². The number of carbonyl (C=O) groups excluding carboxylic acids is 2. The summed E-state index contributed by atoms with van der Waals surface area (Å²) in [5, 5.41) is 16.4. The summed E-state index contributed by atoms with van der Waals surface area (Å²) in [4.78, 5) is 31.9. The van der Waals surface area contributed by atoms with Crippen LogP contribution in [-0.4, -0.2) is 71.8 Å². The molecule has 1 aromatic carbocycles. The minimum Gasteiger partial charge on any atom is -0.377 e. The number of rotatable bonds is 13. The molecule has 1 fully saturated rings. The smallest absolute Gasteiger partial charge is 0.226 e. The van der Waals surface area contributed by atoms with E-state index in [-0.39, 0.29) is 23.7 Å². The quantitative estimate of drug-likeness (QED) is 0.237. The maximum Gasteiger partial charge on any atom is 0.226 e. The second-order valence-corrected chi connectivity index (χ2v) is 13.7. The zero-order valence-corrected chi connectivity index (χ0v) is 28.2. The zero-order chi connectivity index (χ0) is 32.0. The Bertz CT molecular complexity index is 1530. The number of benzene rings is 1. The molecule has 2 amide bonds. The zero-order valence-electron chi connectivity index (χ0n) is 26.6. The number of aliphatic imine (C=N–C) groups is 1. The van der Waals surface area contributed by atoms with Gasteiger partial charge in [0.15, 0.2) is 5.82 Å². The van der Waals surface area contributed by atoms with Gasteiger partial charge in [0.1, 0.15) is 16.9 Å². The fourth-order valence-electron chi connectivity index (χ4n) is 5.97. The van der Waals surface area contributed by atoms with E-state index in [0.717, 1.165) is 58.9 Å². The van der Waals surface area contributed by atoms with Crippen LogP contribution in [0.5, 0.6) is 0 Å². The lowest BCUT2D eigenvalue weighted by Gasteiger charge is -2.31. The number of aryl methyl sites for hydroxylation is 2. The van der Waals surface area contributed by atoms with Crippen molar-refractivity contribution in [2.75, 3.05) is 39.5 Å². The van der Waals surface area contributed by atoms with Crippen molar-refractivity contribution in [2.45, 2.75) is 72.3 Å². The Morgan fingerprint density at radius 2 is 1.64 bits per heavy atom. The minimum atomic E-state index is -0.522. The van der Waals surface area contributed by atoms with E-state index in [9.17, 15) is 9.59 Å². The maximum absolute atomic E-state index is 13.1. The highest BCUT2D eigenvalue weighted by Gasteiger charge is 2.34. The third-order valence-electron chi connectivity index (χ3n) is 8.71. The van der Waals surface area contributed by atoms with E-state index in [4.69, 9.17) is 26.1 Å². The van der Waals surface area contributed by atoms with Gasteiger partial charge in [0.25, 0.3) is 0 Å². The normalized spacial score (nSPS) is 17.2. The third-order valence-corrected chi connectivity index (χ3v) is 10.2. The predicted octanol–water partition coefficient (Wildman–Crippen LogP) is 5.43. The molecule has 1 aliphatic heterocycles.